The molecule has 0 spiro atoms. The Hall–Kier alpha value is -4.10. The third-order valence-corrected chi connectivity index (χ3v) is 13.5. The molecule has 4 aromatic rings. The molecule has 2 aromatic carbocycles. The van der Waals surface area contributed by atoms with E-state index in [4.69, 9.17) is 31.8 Å². The number of aromatic nitrogens is 2. The molecule has 1 aliphatic carbocycles. The number of nitrogens with one attached hydrogen (secondary N) is 1. The van der Waals surface area contributed by atoms with Crippen LogP contribution in [0, 0.1) is 28.9 Å². The van der Waals surface area contributed by atoms with E-state index < -0.39 is 23.3 Å². The highest BCUT2D eigenvalue weighted by atomic mass is 35.5. The molecule has 4 saturated heterocycles. The largest absolute Gasteiger partial charge is 0.489 e. The molecule has 5 aliphatic heterocycles. The number of ether oxygens (including phenoxy) is 2. The van der Waals surface area contributed by atoms with Crippen molar-refractivity contribution in [2.24, 2.45) is 5.92 Å². The maximum absolute atomic E-state index is 17.4. The number of benzene rings is 2. The lowest BCUT2D eigenvalue weighted by Gasteiger charge is -2.32. The number of hydrogen-bond acceptors (Lipinski definition) is 11. The SMILES string of the molecule is N#Cc1c(N)sc2c(F)ccc(-c3c(Cl)c4c5c(nc(OC[C@@]67CCCN6C[C@H](F)C7)nc5c3F)N3CCCN(C(=O)[C@@H]5NC5C5CC5)CC3CO4)c12. The second-order valence-electron chi connectivity index (χ2n) is 15.3. The van der Waals surface area contributed by atoms with E-state index in [0.717, 1.165) is 43.6 Å². The number of nitrogen functional groups attached to an aromatic ring is 1. The van der Waals surface area contributed by atoms with E-state index in [1.165, 1.54) is 12.1 Å². The molecule has 5 fully saturated rings. The molecule has 0 radical (unpaired) electrons. The zero-order valence-electron chi connectivity index (χ0n) is 28.6. The molecule has 2 aromatic heterocycles. The summed E-state index contributed by atoms with van der Waals surface area (Å²) in [7, 11) is 0. The number of carbonyl (C=O) groups is 1. The molecule has 11 nitrogen and oxygen atoms in total. The number of hydrogen-bond donors (Lipinski definition) is 2. The minimum atomic E-state index is -0.964. The van der Waals surface area contributed by atoms with Crippen molar-refractivity contribution in [2.45, 2.75) is 68.4 Å². The molecule has 7 heterocycles. The molecule has 53 heavy (non-hydrogen) atoms. The van der Waals surface area contributed by atoms with Crippen molar-refractivity contribution in [1.82, 2.24) is 25.1 Å². The van der Waals surface area contributed by atoms with Crippen LogP contribution in [0.15, 0.2) is 12.1 Å². The van der Waals surface area contributed by atoms with E-state index in [1.807, 2.05) is 15.9 Å². The van der Waals surface area contributed by atoms with Gasteiger partial charge in [-0.05, 0) is 56.2 Å². The van der Waals surface area contributed by atoms with Crippen LogP contribution in [0.1, 0.15) is 44.1 Å². The first kappa shape index (κ1) is 33.5. The first-order valence-corrected chi connectivity index (χ1v) is 19.4. The molecule has 2 unspecified atom stereocenters. The third kappa shape index (κ3) is 5.23. The molecule has 1 saturated carbocycles. The van der Waals surface area contributed by atoms with Gasteiger partial charge in [0.15, 0.2) is 11.6 Å². The maximum atomic E-state index is 17.4. The number of rotatable bonds is 6. The average molecular weight is 765 g/mol. The molecule has 1 amide bonds. The monoisotopic (exact) mass is 764 g/mol. The Morgan fingerprint density at radius 1 is 1.19 bits per heavy atom. The molecule has 16 heteroatoms. The van der Waals surface area contributed by atoms with Gasteiger partial charge in [-0.15, -0.1) is 11.3 Å². The predicted molar refractivity (Wildman–Crippen MR) is 194 cm³/mol. The Morgan fingerprint density at radius 2 is 2.04 bits per heavy atom. The van der Waals surface area contributed by atoms with Gasteiger partial charge in [-0.1, -0.05) is 17.7 Å². The van der Waals surface area contributed by atoms with E-state index in [9.17, 15) is 14.4 Å². The Labute approximate surface area is 311 Å². The van der Waals surface area contributed by atoms with Crippen molar-refractivity contribution in [2.75, 3.05) is 56.6 Å². The maximum Gasteiger partial charge on any atom is 0.319 e. The molecule has 0 bridgehead atoms. The highest BCUT2D eigenvalue weighted by Gasteiger charge is 2.53. The van der Waals surface area contributed by atoms with Gasteiger partial charge in [0.1, 0.15) is 53.6 Å². The van der Waals surface area contributed by atoms with E-state index in [2.05, 4.69) is 15.2 Å². The van der Waals surface area contributed by atoms with Crippen LogP contribution in [0.4, 0.5) is 24.0 Å². The second-order valence-corrected chi connectivity index (χ2v) is 16.7. The topological polar surface area (TPSA) is 143 Å². The number of halogens is 4. The third-order valence-electron chi connectivity index (χ3n) is 12.1. The highest BCUT2D eigenvalue weighted by Crippen LogP contribution is 2.51. The van der Waals surface area contributed by atoms with E-state index in [1.54, 1.807) is 0 Å². The molecular weight excluding hydrogens is 729 g/mol. The van der Waals surface area contributed by atoms with Crippen LogP contribution in [0.25, 0.3) is 32.1 Å². The van der Waals surface area contributed by atoms with Gasteiger partial charge in [0.25, 0.3) is 0 Å². The predicted octanol–water partition coefficient (Wildman–Crippen LogP) is 5.40. The van der Waals surface area contributed by atoms with E-state index >= 15 is 8.78 Å². The van der Waals surface area contributed by atoms with E-state index in [-0.39, 0.29) is 96.7 Å². The number of nitrogens with zero attached hydrogens (tertiary/aromatic N) is 6. The molecular formula is C37H36ClF3N8O3S. The standard InChI is InChI=1S/C37H36ClF3N8O3S/c38-26-24(20-5-6-22(40)32-23(20)21(12-42)33(43)53-32)27(41)29-25-31(26)51-15-19-14-47(35(50)30-28(44-30)17-3-4-17)8-2-10-49(19)34(25)46-36(45-29)52-16-37-7-1-9-48(37)13-18(39)11-37/h5-6,17-19,28,30,44H,1-4,7-11,13-16,43H2/t18-,19?,28?,30-,37+/m1/s1. The van der Waals surface area contributed by atoms with Gasteiger partial charge in [0, 0.05) is 49.6 Å². The number of alkyl halides is 1. The fourth-order valence-electron chi connectivity index (χ4n) is 9.33. The summed E-state index contributed by atoms with van der Waals surface area (Å²) in [5, 5.41) is 13.8. The normalized spacial score (nSPS) is 28.0. The van der Waals surface area contributed by atoms with E-state index in [0.29, 0.717) is 50.8 Å². The number of nitrogens with two attached hydrogens (primary N) is 1. The average Bonchev–Trinajstić information content (AvgIpc) is 4.04. The minimum Gasteiger partial charge on any atom is -0.489 e. The number of amides is 1. The smallest absolute Gasteiger partial charge is 0.319 e. The van der Waals surface area contributed by atoms with Gasteiger partial charge in [0.05, 0.1) is 32.3 Å². The van der Waals surface area contributed by atoms with Crippen molar-refractivity contribution in [3.8, 4) is 29.0 Å². The molecule has 3 N–H and O–H groups in total. The van der Waals surface area contributed by atoms with Crippen LogP contribution < -0.4 is 25.4 Å². The molecule has 276 valence electrons. The lowest BCUT2D eigenvalue weighted by atomic mass is 9.95. The second kappa shape index (κ2) is 12.2. The lowest BCUT2D eigenvalue weighted by Crippen LogP contribution is -2.47. The summed E-state index contributed by atoms with van der Waals surface area (Å²) < 4.78 is 60.1. The van der Waals surface area contributed by atoms with Gasteiger partial charge in [-0.3, -0.25) is 15.0 Å². The number of fused-ring (bicyclic) bond motifs is 4. The first-order chi connectivity index (χ1) is 25.7. The summed E-state index contributed by atoms with van der Waals surface area (Å²) in [6.45, 7) is 2.75. The summed E-state index contributed by atoms with van der Waals surface area (Å²) in [5.41, 5.74) is 5.57. The van der Waals surface area contributed by atoms with Crippen molar-refractivity contribution in [1.29, 1.82) is 5.26 Å². The Bertz CT molecular complexity index is 2270. The van der Waals surface area contributed by atoms with Crippen LogP contribution in [0.5, 0.6) is 11.8 Å². The van der Waals surface area contributed by atoms with Gasteiger partial charge in [0.2, 0.25) is 5.91 Å². The number of thiophene rings is 1. The fraction of sp³-hybridized carbons (Fsp3) is 0.514. The van der Waals surface area contributed by atoms with Gasteiger partial charge < -0.3 is 25.0 Å². The molecule has 6 aliphatic rings. The number of anilines is 2. The first-order valence-electron chi connectivity index (χ1n) is 18.3. The zero-order chi connectivity index (χ0) is 36.3. The van der Waals surface area contributed by atoms with Crippen LogP contribution in [-0.4, -0.2) is 101 Å². The summed E-state index contributed by atoms with van der Waals surface area (Å²) in [5.74, 6) is -0.293. The van der Waals surface area contributed by atoms with Crippen LogP contribution in [0.3, 0.4) is 0 Å². The van der Waals surface area contributed by atoms with Crippen molar-refractivity contribution in [3.63, 3.8) is 0 Å². The minimum absolute atomic E-state index is 0.0181. The summed E-state index contributed by atoms with van der Waals surface area (Å²) in [4.78, 5) is 29.3. The molecule has 5 atom stereocenters. The quantitative estimate of drug-likeness (QED) is 0.245. The highest BCUT2D eigenvalue weighted by molar-refractivity contribution is 7.23. The fourth-order valence-corrected chi connectivity index (χ4v) is 10.6. The van der Waals surface area contributed by atoms with Crippen molar-refractivity contribution < 1.29 is 27.4 Å². The van der Waals surface area contributed by atoms with Gasteiger partial charge in [-0.2, -0.15) is 15.2 Å². The number of carbonyl (C=O) groups excluding carboxylic acids is 1. The Morgan fingerprint density at radius 3 is 2.85 bits per heavy atom. The van der Waals surface area contributed by atoms with Gasteiger partial charge >= 0.3 is 6.01 Å². The van der Waals surface area contributed by atoms with Crippen LogP contribution >= 0.6 is 22.9 Å². The Balaban J connectivity index is 1.11. The lowest BCUT2D eigenvalue weighted by molar-refractivity contribution is -0.130. The van der Waals surface area contributed by atoms with Crippen molar-refractivity contribution in [3.05, 3.63) is 34.4 Å². The van der Waals surface area contributed by atoms with Crippen molar-refractivity contribution >= 4 is 60.7 Å². The summed E-state index contributed by atoms with van der Waals surface area (Å²) in [6.07, 6.45) is 3.98. The summed E-state index contributed by atoms with van der Waals surface area (Å²) >= 11 is 8.03. The Kier molecular flexibility index (Phi) is 7.71. The zero-order valence-corrected chi connectivity index (χ0v) is 30.2. The number of nitriles is 1. The molecule has 10 rings (SSSR count). The summed E-state index contributed by atoms with van der Waals surface area (Å²) in [6, 6.07) is 4.22. The van der Waals surface area contributed by atoms with Gasteiger partial charge in [-0.25, -0.2) is 13.2 Å². The van der Waals surface area contributed by atoms with Crippen LogP contribution in [-0.2, 0) is 4.79 Å². The van der Waals surface area contributed by atoms with Crippen LogP contribution in [0.2, 0.25) is 5.02 Å².